The van der Waals surface area contributed by atoms with Crippen LogP contribution in [0.3, 0.4) is 0 Å². The monoisotopic (exact) mass is 330 g/mol. The van der Waals surface area contributed by atoms with E-state index in [0.717, 1.165) is 37.7 Å². The minimum absolute atomic E-state index is 0.0663. The molecule has 1 spiro atoms. The maximum atomic E-state index is 13.6. The lowest BCUT2D eigenvalue weighted by molar-refractivity contribution is 0.0671. The van der Waals surface area contributed by atoms with Crippen molar-refractivity contribution in [3.8, 4) is 0 Å². The van der Waals surface area contributed by atoms with Gasteiger partial charge in [-0.1, -0.05) is 49.3 Å². The van der Waals surface area contributed by atoms with Gasteiger partial charge in [0.25, 0.3) is 0 Å². The standard InChI is InChI=1S/C24H26O/c1-2-3-5-17-6-4-7-18-13-19-10-11-24(15-16-8-9-20(24)12-16)23(25)22(19)14-21(17)18/h4,6-8,13-14,20H,2-3,5,9-12,15H2,1H3. The number of unbranched alkanes of at least 4 members (excludes halogenated alkanes) is 1. The Labute approximate surface area is 150 Å². The van der Waals surface area contributed by atoms with Crippen molar-refractivity contribution in [2.24, 2.45) is 11.3 Å². The van der Waals surface area contributed by atoms with E-state index in [-0.39, 0.29) is 5.41 Å². The topological polar surface area (TPSA) is 17.1 Å². The van der Waals surface area contributed by atoms with Gasteiger partial charge in [0.1, 0.15) is 0 Å². The lowest BCUT2D eigenvalue weighted by Gasteiger charge is -2.39. The Bertz CT molecular complexity index is 904. The third-order valence-electron chi connectivity index (χ3n) is 7.06. The van der Waals surface area contributed by atoms with E-state index in [2.05, 4.69) is 43.3 Å². The number of benzene rings is 2. The molecular formula is C24H26O. The molecule has 2 atom stereocenters. The summed E-state index contributed by atoms with van der Waals surface area (Å²) in [5.41, 5.74) is 5.21. The number of carbonyl (C=O) groups is 1. The Hall–Kier alpha value is -1.89. The van der Waals surface area contributed by atoms with Gasteiger partial charge >= 0.3 is 0 Å². The van der Waals surface area contributed by atoms with Crippen LogP contribution in [0.2, 0.25) is 0 Å². The number of fused-ring (bicyclic) bond motifs is 5. The molecule has 0 heterocycles. The SMILES string of the molecule is CCCCc1cccc2cc3c(cc12)C(=O)C1(CC3)CC2=CCC1C2. The predicted octanol–water partition coefficient (Wildman–Crippen LogP) is 6.04. The average Bonchev–Trinajstić information content (AvgIpc) is 3.24. The first-order valence-corrected chi connectivity index (χ1v) is 9.98. The minimum atomic E-state index is -0.0663. The van der Waals surface area contributed by atoms with Gasteiger partial charge < -0.3 is 0 Å². The van der Waals surface area contributed by atoms with Gasteiger partial charge in [-0.15, -0.1) is 0 Å². The molecule has 128 valence electrons. The van der Waals surface area contributed by atoms with E-state index in [0.29, 0.717) is 11.7 Å². The van der Waals surface area contributed by atoms with Crippen molar-refractivity contribution in [1.29, 1.82) is 0 Å². The molecule has 1 heteroatoms. The largest absolute Gasteiger partial charge is 0.294 e. The van der Waals surface area contributed by atoms with Crippen LogP contribution in [-0.4, -0.2) is 5.78 Å². The fourth-order valence-electron chi connectivity index (χ4n) is 5.65. The molecule has 1 nitrogen and oxygen atoms in total. The van der Waals surface area contributed by atoms with Crippen LogP contribution in [0.4, 0.5) is 0 Å². The van der Waals surface area contributed by atoms with Crippen LogP contribution < -0.4 is 0 Å². The van der Waals surface area contributed by atoms with Crippen molar-refractivity contribution < 1.29 is 4.79 Å². The highest BCUT2D eigenvalue weighted by molar-refractivity contribution is 6.07. The normalized spacial score (nSPS) is 27.2. The molecule has 2 aromatic carbocycles. The molecule has 0 aliphatic heterocycles. The molecule has 3 aliphatic rings. The number of allylic oxidation sites excluding steroid dienone is 2. The van der Waals surface area contributed by atoms with Gasteiger partial charge in [0.15, 0.2) is 5.78 Å². The van der Waals surface area contributed by atoms with Gasteiger partial charge in [-0.2, -0.15) is 0 Å². The number of hydrogen-bond acceptors (Lipinski definition) is 1. The van der Waals surface area contributed by atoms with E-state index in [1.165, 1.54) is 41.2 Å². The van der Waals surface area contributed by atoms with Crippen molar-refractivity contribution in [3.05, 3.63) is 58.7 Å². The molecule has 0 aromatic heterocycles. The fourth-order valence-corrected chi connectivity index (χ4v) is 5.65. The highest BCUT2D eigenvalue weighted by Crippen LogP contribution is 2.58. The zero-order chi connectivity index (χ0) is 17.0. The average molecular weight is 330 g/mol. The number of rotatable bonds is 3. The first kappa shape index (κ1) is 15.4. The summed E-state index contributed by atoms with van der Waals surface area (Å²) >= 11 is 0. The van der Waals surface area contributed by atoms with E-state index < -0.39 is 0 Å². The quantitative estimate of drug-likeness (QED) is 0.627. The lowest BCUT2D eigenvalue weighted by Crippen LogP contribution is -2.39. The number of carbonyl (C=O) groups excluding carboxylic acids is 1. The van der Waals surface area contributed by atoms with Crippen LogP contribution in [0.5, 0.6) is 0 Å². The summed E-state index contributed by atoms with van der Waals surface area (Å²) in [4.78, 5) is 13.6. The minimum Gasteiger partial charge on any atom is -0.294 e. The number of ketones is 1. The third-order valence-corrected chi connectivity index (χ3v) is 7.06. The molecule has 2 aromatic rings. The summed E-state index contributed by atoms with van der Waals surface area (Å²) in [7, 11) is 0. The Balaban J connectivity index is 1.62. The van der Waals surface area contributed by atoms with Crippen molar-refractivity contribution >= 4 is 16.6 Å². The van der Waals surface area contributed by atoms with Gasteiger partial charge in [-0.05, 0) is 78.8 Å². The zero-order valence-corrected chi connectivity index (χ0v) is 15.1. The Morgan fingerprint density at radius 3 is 2.92 bits per heavy atom. The molecule has 2 bridgehead atoms. The Kier molecular flexibility index (Phi) is 3.42. The molecule has 0 N–H and O–H groups in total. The van der Waals surface area contributed by atoms with Gasteiger partial charge in [-0.3, -0.25) is 4.79 Å². The summed E-state index contributed by atoms with van der Waals surface area (Å²) in [6, 6.07) is 11.2. The van der Waals surface area contributed by atoms with E-state index in [4.69, 9.17) is 0 Å². The number of aryl methyl sites for hydroxylation is 2. The van der Waals surface area contributed by atoms with Crippen molar-refractivity contribution in [2.45, 2.75) is 58.3 Å². The first-order chi connectivity index (χ1) is 12.2. The summed E-state index contributed by atoms with van der Waals surface area (Å²) in [6.07, 6.45) is 11.4. The Morgan fingerprint density at radius 2 is 2.16 bits per heavy atom. The van der Waals surface area contributed by atoms with Gasteiger partial charge in [0.2, 0.25) is 0 Å². The molecule has 0 radical (unpaired) electrons. The number of Topliss-reactive ketones (excluding diaryl/α,β-unsaturated/α-hetero) is 1. The van der Waals surface area contributed by atoms with E-state index >= 15 is 0 Å². The second-order valence-electron chi connectivity index (χ2n) is 8.41. The second kappa shape index (κ2) is 5.56. The van der Waals surface area contributed by atoms with Crippen LogP contribution in [0.15, 0.2) is 42.0 Å². The molecule has 1 fully saturated rings. The highest BCUT2D eigenvalue weighted by atomic mass is 16.1. The first-order valence-electron chi connectivity index (χ1n) is 9.98. The van der Waals surface area contributed by atoms with Crippen molar-refractivity contribution in [2.75, 3.05) is 0 Å². The van der Waals surface area contributed by atoms with Crippen LogP contribution in [-0.2, 0) is 12.8 Å². The van der Waals surface area contributed by atoms with Crippen LogP contribution in [0, 0.1) is 11.3 Å². The predicted molar refractivity (Wildman–Crippen MR) is 103 cm³/mol. The Morgan fingerprint density at radius 1 is 1.24 bits per heavy atom. The van der Waals surface area contributed by atoms with Crippen LogP contribution in [0.25, 0.3) is 10.8 Å². The van der Waals surface area contributed by atoms with Gasteiger partial charge in [-0.25, -0.2) is 0 Å². The van der Waals surface area contributed by atoms with E-state index in [1.807, 2.05) is 0 Å². The molecule has 3 aliphatic carbocycles. The highest BCUT2D eigenvalue weighted by Gasteiger charge is 2.53. The molecule has 1 saturated carbocycles. The van der Waals surface area contributed by atoms with Crippen LogP contribution in [0.1, 0.15) is 66.9 Å². The molecule has 2 unspecified atom stereocenters. The summed E-state index contributed by atoms with van der Waals surface area (Å²) < 4.78 is 0. The third kappa shape index (κ3) is 2.18. The number of hydrogen-bond donors (Lipinski definition) is 0. The molecule has 0 amide bonds. The van der Waals surface area contributed by atoms with Gasteiger partial charge in [0, 0.05) is 11.0 Å². The molecule has 0 saturated heterocycles. The maximum absolute atomic E-state index is 13.6. The summed E-state index contributed by atoms with van der Waals surface area (Å²) in [5.74, 6) is 1.03. The molecular weight excluding hydrogens is 304 g/mol. The maximum Gasteiger partial charge on any atom is 0.169 e. The second-order valence-corrected chi connectivity index (χ2v) is 8.41. The molecule has 25 heavy (non-hydrogen) atoms. The van der Waals surface area contributed by atoms with Crippen molar-refractivity contribution in [1.82, 2.24) is 0 Å². The summed E-state index contributed by atoms with van der Waals surface area (Å²) in [6.45, 7) is 2.24. The van der Waals surface area contributed by atoms with E-state index in [9.17, 15) is 4.79 Å². The van der Waals surface area contributed by atoms with Crippen molar-refractivity contribution in [3.63, 3.8) is 0 Å². The van der Waals surface area contributed by atoms with E-state index in [1.54, 1.807) is 5.57 Å². The van der Waals surface area contributed by atoms with Crippen LogP contribution >= 0.6 is 0 Å². The lowest BCUT2D eigenvalue weighted by atomic mass is 9.63. The smallest absolute Gasteiger partial charge is 0.169 e. The van der Waals surface area contributed by atoms with Gasteiger partial charge in [0.05, 0.1) is 0 Å². The zero-order valence-electron chi connectivity index (χ0n) is 15.1. The summed E-state index contributed by atoms with van der Waals surface area (Å²) in [5, 5.41) is 2.62. The fraction of sp³-hybridized carbons (Fsp3) is 0.458. The molecule has 5 rings (SSSR count).